The number of allylic oxidation sites excluding steroid dienone is 2. The van der Waals surface area contributed by atoms with E-state index in [-0.39, 0.29) is 0 Å². The molecule has 0 aliphatic carbocycles. The number of fused-ring (bicyclic) bond motifs is 1. The zero-order valence-electron chi connectivity index (χ0n) is 17.9. The molecular weight excluding hydrogens is 376 g/mol. The molecule has 30 heavy (non-hydrogen) atoms. The lowest BCUT2D eigenvalue weighted by Crippen LogP contribution is -2.23. The molecular formula is C25H26N2O3. The second-order valence-corrected chi connectivity index (χ2v) is 6.91. The Morgan fingerprint density at radius 3 is 2.33 bits per heavy atom. The second-order valence-electron chi connectivity index (χ2n) is 6.91. The summed E-state index contributed by atoms with van der Waals surface area (Å²) in [6.07, 6.45) is 0.833. The molecule has 0 spiro atoms. The average Bonchev–Trinajstić information content (AvgIpc) is 2.80. The first-order valence-electron chi connectivity index (χ1n) is 9.65. The third kappa shape index (κ3) is 4.06. The summed E-state index contributed by atoms with van der Waals surface area (Å²) in [4.78, 5) is 15.4. The van der Waals surface area contributed by atoms with Gasteiger partial charge in [0.2, 0.25) is 0 Å². The van der Waals surface area contributed by atoms with Crippen molar-refractivity contribution in [3.8, 4) is 22.6 Å². The van der Waals surface area contributed by atoms with Crippen molar-refractivity contribution in [3.05, 3.63) is 71.4 Å². The highest BCUT2D eigenvalue weighted by Crippen LogP contribution is 2.44. The molecule has 0 atom stereocenters. The van der Waals surface area contributed by atoms with E-state index in [0.717, 1.165) is 39.4 Å². The van der Waals surface area contributed by atoms with Gasteiger partial charge in [-0.1, -0.05) is 42.5 Å². The molecule has 0 bridgehead atoms. The fourth-order valence-corrected chi connectivity index (χ4v) is 3.38. The molecule has 0 aromatic heterocycles. The second kappa shape index (κ2) is 9.27. The Balaban J connectivity index is 2.21. The van der Waals surface area contributed by atoms with E-state index < -0.39 is 0 Å². The quantitative estimate of drug-likeness (QED) is 0.273. The van der Waals surface area contributed by atoms with Gasteiger partial charge in [-0.3, -0.25) is 9.79 Å². The molecule has 0 saturated carbocycles. The van der Waals surface area contributed by atoms with Crippen LogP contribution in [0.2, 0.25) is 0 Å². The molecule has 0 unspecified atom stereocenters. The fraction of sp³-hybridized carbons (Fsp3) is 0.200. The van der Waals surface area contributed by atoms with Gasteiger partial charge in [0.1, 0.15) is 12.1 Å². The SMILES string of the molecule is CN=C(N/C(C)=C(/C)C=O)c1ccc2c(-c3ccccc3)c(OC)c(OC)cc2c1. The topological polar surface area (TPSA) is 59.9 Å². The molecule has 3 aromatic carbocycles. The van der Waals surface area contributed by atoms with Crippen molar-refractivity contribution in [1.29, 1.82) is 0 Å². The highest BCUT2D eigenvalue weighted by atomic mass is 16.5. The van der Waals surface area contributed by atoms with Crippen LogP contribution in [0.25, 0.3) is 21.9 Å². The minimum atomic E-state index is 0.634. The third-order valence-electron chi connectivity index (χ3n) is 5.12. The number of ether oxygens (including phenoxy) is 2. The Labute approximate surface area is 177 Å². The summed E-state index contributed by atoms with van der Waals surface area (Å²) >= 11 is 0. The van der Waals surface area contributed by atoms with Crippen molar-refractivity contribution < 1.29 is 14.3 Å². The number of benzene rings is 3. The number of carbonyl (C=O) groups is 1. The van der Waals surface area contributed by atoms with E-state index in [2.05, 4.69) is 34.6 Å². The van der Waals surface area contributed by atoms with Crippen LogP contribution < -0.4 is 14.8 Å². The Hall–Kier alpha value is -3.60. The van der Waals surface area contributed by atoms with Gasteiger partial charge < -0.3 is 14.8 Å². The number of nitrogens with zero attached hydrogens (tertiary/aromatic N) is 1. The molecule has 0 aliphatic rings. The third-order valence-corrected chi connectivity index (χ3v) is 5.12. The van der Waals surface area contributed by atoms with Gasteiger partial charge in [0.25, 0.3) is 0 Å². The number of rotatable bonds is 6. The molecule has 0 saturated heterocycles. The Morgan fingerprint density at radius 2 is 1.73 bits per heavy atom. The lowest BCUT2D eigenvalue weighted by Gasteiger charge is -2.17. The van der Waals surface area contributed by atoms with Gasteiger partial charge in [-0.05, 0) is 42.3 Å². The number of amidine groups is 1. The largest absolute Gasteiger partial charge is 0.493 e. The van der Waals surface area contributed by atoms with E-state index in [1.165, 1.54) is 0 Å². The summed E-state index contributed by atoms with van der Waals surface area (Å²) in [5.41, 5.74) is 4.34. The summed E-state index contributed by atoms with van der Waals surface area (Å²) in [5.74, 6) is 2.05. The Bertz CT molecular complexity index is 1130. The van der Waals surface area contributed by atoms with Crippen LogP contribution in [0.4, 0.5) is 0 Å². The molecule has 3 aromatic rings. The minimum absolute atomic E-state index is 0.634. The molecule has 0 radical (unpaired) electrons. The van der Waals surface area contributed by atoms with Crippen LogP contribution in [0.5, 0.6) is 11.5 Å². The molecule has 0 amide bonds. The maximum Gasteiger partial charge on any atom is 0.169 e. The highest BCUT2D eigenvalue weighted by Gasteiger charge is 2.17. The molecule has 1 N–H and O–H groups in total. The summed E-state index contributed by atoms with van der Waals surface area (Å²) in [5, 5.41) is 5.29. The van der Waals surface area contributed by atoms with Gasteiger partial charge in [-0.2, -0.15) is 0 Å². The monoisotopic (exact) mass is 402 g/mol. The molecule has 5 heteroatoms. The zero-order valence-corrected chi connectivity index (χ0v) is 17.9. The lowest BCUT2D eigenvalue weighted by molar-refractivity contribution is -0.104. The van der Waals surface area contributed by atoms with E-state index in [4.69, 9.17) is 9.47 Å². The van der Waals surface area contributed by atoms with Crippen LogP contribution in [-0.2, 0) is 4.79 Å². The van der Waals surface area contributed by atoms with Crippen molar-refractivity contribution in [2.45, 2.75) is 13.8 Å². The highest BCUT2D eigenvalue weighted by molar-refractivity contribution is 6.07. The molecule has 0 heterocycles. The number of aldehydes is 1. The van der Waals surface area contributed by atoms with Crippen LogP contribution in [0.15, 0.2) is 70.9 Å². The summed E-state index contributed by atoms with van der Waals surface area (Å²) in [6, 6.07) is 18.2. The Kier molecular flexibility index (Phi) is 6.52. The normalized spacial score (nSPS) is 12.4. The van der Waals surface area contributed by atoms with Gasteiger partial charge in [0, 0.05) is 29.4 Å². The molecule has 0 aliphatic heterocycles. The van der Waals surface area contributed by atoms with Crippen LogP contribution in [0.1, 0.15) is 19.4 Å². The average molecular weight is 402 g/mol. The van der Waals surface area contributed by atoms with Gasteiger partial charge in [-0.15, -0.1) is 0 Å². The molecule has 5 nitrogen and oxygen atoms in total. The first-order chi connectivity index (χ1) is 14.5. The number of aliphatic imine (C=N–C) groups is 1. The maximum absolute atomic E-state index is 11.1. The molecule has 3 rings (SSSR count). The fourth-order valence-electron chi connectivity index (χ4n) is 3.38. The maximum atomic E-state index is 11.1. The summed E-state index contributed by atoms with van der Waals surface area (Å²) < 4.78 is 11.3. The number of hydrogen-bond acceptors (Lipinski definition) is 4. The van der Waals surface area contributed by atoms with E-state index in [1.54, 1.807) is 28.2 Å². The van der Waals surface area contributed by atoms with Crippen LogP contribution in [0.3, 0.4) is 0 Å². The number of hydrogen-bond donors (Lipinski definition) is 1. The van der Waals surface area contributed by atoms with E-state index in [9.17, 15) is 4.79 Å². The van der Waals surface area contributed by atoms with Crippen LogP contribution >= 0.6 is 0 Å². The zero-order chi connectivity index (χ0) is 21.7. The van der Waals surface area contributed by atoms with Crippen molar-refractivity contribution in [1.82, 2.24) is 5.32 Å². The first-order valence-corrected chi connectivity index (χ1v) is 9.65. The molecule has 0 fully saturated rings. The summed E-state index contributed by atoms with van der Waals surface area (Å²) in [7, 11) is 5.01. The van der Waals surface area contributed by atoms with Gasteiger partial charge in [0.15, 0.2) is 11.5 Å². The van der Waals surface area contributed by atoms with Gasteiger partial charge in [-0.25, -0.2) is 0 Å². The van der Waals surface area contributed by atoms with Gasteiger partial charge >= 0.3 is 0 Å². The number of carbonyl (C=O) groups excluding carboxylic acids is 1. The predicted molar refractivity (Wildman–Crippen MR) is 123 cm³/mol. The Morgan fingerprint density at radius 1 is 1.00 bits per heavy atom. The summed E-state index contributed by atoms with van der Waals surface area (Å²) in [6.45, 7) is 3.63. The van der Waals surface area contributed by atoms with E-state index in [1.807, 2.05) is 37.3 Å². The van der Waals surface area contributed by atoms with Crippen molar-refractivity contribution >= 4 is 22.9 Å². The standard InChI is InChI=1S/C25H26N2O3/c1-16(15-28)17(2)27-25(26-3)19-11-12-21-20(13-19)14-22(29-4)24(30-5)23(21)18-9-7-6-8-10-18/h6-15H,1-5H3,(H,26,27)/b17-16-. The number of methoxy groups -OCH3 is 2. The first kappa shape index (κ1) is 21.1. The van der Waals surface area contributed by atoms with Crippen molar-refractivity contribution in [3.63, 3.8) is 0 Å². The van der Waals surface area contributed by atoms with Gasteiger partial charge in [0.05, 0.1) is 14.2 Å². The van der Waals surface area contributed by atoms with Crippen LogP contribution in [0, 0.1) is 0 Å². The predicted octanol–water partition coefficient (Wildman–Crippen LogP) is 4.98. The molecule has 154 valence electrons. The van der Waals surface area contributed by atoms with Crippen LogP contribution in [-0.4, -0.2) is 33.4 Å². The van der Waals surface area contributed by atoms with Crippen molar-refractivity contribution in [2.24, 2.45) is 4.99 Å². The lowest BCUT2D eigenvalue weighted by atomic mass is 9.95. The van der Waals surface area contributed by atoms with E-state index in [0.29, 0.717) is 22.9 Å². The number of nitrogens with one attached hydrogen (secondary N) is 1. The minimum Gasteiger partial charge on any atom is -0.493 e. The van der Waals surface area contributed by atoms with Crippen molar-refractivity contribution in [2.75, 3.05) is 21.3 Å². The van der Waals surface area contributed by atoms with E-state index >= 15 is 0 Å². The smallest absolute Gasteiger partial charge is 0.169 e.